The van der Waals surface area contributed by atoms with Gasteiger partial charge in [0.2, 0.25) is 17.7 Å². The zero-order chi connectivity index (χ0) is 27.7. The molecule has 0 fully saturated rings. The van der Waals surface area contributed by atoms with Crippen LogP contribution >= 0.6 is 0 Å². The van der Waals surface area contributed by atoms with Crippen molar-refractivity contribution in [2.24, 2.45) is 11.7 Å². The largest absolute Gasteiger partial charge is 0.480 e. The van der Waals surface area contributed by atoms with Crippen LogP contribution in [0.5, 0.6) is 0 Å². The lowest BCUT2D eigenvalue weighted by Gasteiger charge is -2.24. The lowest BCUT2D eigenvalue weighted by atomic mass is 9.98. The van der Waals surface area contributed by atoms with Gasteiger partial charge in [0.05, 0.1) is 12.6 Å². The number of aromatic nitrogens is 1. The van der Waals surface area contributed by atoms with Gasteiger partial charge in [-0.25, -0.2) is 4.79 Å². The molecule has 3 rings (SSSR count). The van der Waals surface area contributed by atoms with E-state index in [9.17, 15) is 24.3 Å². The molecule has 0 saturated carbocycles. The second-order valence-electron chi connectivity index (χ2n) is 9.41. The number of nitrogens with one attached hydrogen (secondary N) is 4. The first-order valence-corrected chi connectivity index (χ1v) is 12.6. The zero-order valence-corrected chi connectivity index (χ0v) is 21.6. The predicted molar refractivity (Wildman–Crippen MR) is 144 cm³/mol. The molecule has 7 N–H and O–H groups in total. The molecule has 1 heterocycles. The lowest BCUT2D eigenvalue weighted by Crippen LogP contribution is -2.55. The van der Waals surface area contributed by atoms with Crippen LogP contribution in [0.4, 0.5) is 0 Å². The van der Waals surface area contributed by atoms with Crippen LogP contribution < -0.4 is 21.7 Å². The molecule has 0 aliphatic rings. The Morgan fingerprint density at radius 3 is 2.32 bits per heavy atom. The highest BCUT2D eigenvalue weighted by Crippen LogP contribution is 2.19. The summed E-state index contributed by atoms with van der Waals surface area (Å²) in [6.07, 6.45) is 2.73. The molecule has 0 unspecified atom stereocenters. The number of amides is 3. The number of aromatic amines is 1. The van der Waals surface area contributed by atoms with Crippen LogP contribution in [0.15, 0.2) is 60.8 Å². The maximum Gasteiger partial charge on any atom is 0.326 e. The van der Waals surface area contributed by atoms with E-state index in [0.717, 1.165) is 22.0 Å². The Morgan fingerprint density at radius 1 is 0.947 bits per heavy atom. The van der Waals surface area contributed by atoms with Gasteiger partial charge in [-0.15, -0.1) is 0 Å². The van der Waals surface area contributed by atoms with Crippen LogP contribution in [0.2, 0.25) is 0 Å². The number of carboxylic acid groups (broad SMARTS) is 1. The fraction of sp³-hybridized carbons (Fsp3) is 0.357. The van der Waals surface area contributed by atoms with Crippen LogP contribution in [-0.2, 0) is 32.0 Å². The van der Waals surface area contributed by atoms with Crippen molar-refractivity contribution in [1.29, 1.82) is 0 Å². The summed E-state index contributed by atoms with van der Waals surface area (Å²) in [4.78, 5) is 53.3. The van der Waals surface area contributed by atoms with E-state index in [1.54, 1.807) is 13.1 Å². The summed E-state index contributed by atoms with van der Waals surface area (Å²) in [5.41, 5.74) is 8.53. The molecule has 0 saturated heterocycles. The molecule has 202 valence electrons. The van der Waals surface area contributed by atoms with E-state index in [1.807, 2.05) is 61.5 Å². The normalized spacial score (nSPS) is 14.2. The van der Waals surface area contributed by atoms with Gasteiger partial charge in [-0.2, -0.15) is 0 Å². The highest BCUT2D eigenvalue weighted by atomic mass is 16.4. The number of carbonyl (C=O) groups is 4. The summed E-state index contributed by atoms with van der Waals surface area (Å²) in [6.45, 7) is 3.19. The van der Waals surface area contributed by atoms with E-state index in [-0.39, 0.29) is 18.9 Å². The van der Waals surface area contributed by atoms with E-state index in [0.29, 0.717) is 12.8 Å². The predicted octanol–water partition coefficient (Wildman–Crippen LogP) is 1.50. The van der Waals surface area contributed by atoms with E-state index in [2.05, 4.69) is 20.9 Å². The summed E-state index contributed by atoms with van der Waals surface area (Å²) in [6, 6.07) is 13.8. The number of H-pyrrole nitrogens is 1. The van der Waals surface area contributed by atoms with E-state index in [1.165, 1.54) is 0 Å². The molecule has 0 spiro atoms. The van der Waals surface area contributed by atoms with Gasteiger partial charge in [-0.3, -0.25) is 14.4 Å². The number of benzene rings is 2. The number of aliphatic carboxylic acids is 1. The molecule has 10 nitrogen and oxygen atoms in total. The van der Waals surface area contributed by atoms with Crippen molar-refractivity contribution in [3.8, 4) is 0 Å². The Labute approximate surface area is 221 Å². The summed E-state index contributed by atoms with van der Waals surface area (Å²) in [5.74, 6) is -3.18. The highest BCUT2D eigenvalue weighted by Gasteiger charge is 2.30. The van der Waals surface area contributed by atoms with Crippen molar-refractivity contribution in [3.63, 3.8) is 0 Å². The maximum atomic E-state index is 13.2. The summed E-state index contributed by atoms with van der Waals surface area (Å²) in [5, 5.41) is 18.2. The summed E-state index contributed by atoms with van der Waals surface area (Å²) >= 11 is 0. The number of para-hydroxylation sites is 1. The fourth-order valence-electron chi connectivity index (χ4n) is 4.17. The first kappa shape index (κ1) is 28.4. The highest BCUT2D eigenvalue weighted by molar-refractivity contribution is 5.93. The summed E-state index contributed by atoms with van der Waals surface area (Å²) in [7, 11) is 0. The SMILES string of the molecule is CC[C@H](C)[C@H](NC(=O)[C@H](Cc1c[nH]c2ccccc12)NC(=O)CNC(=O)[C@@H](N)Cc1ccccc1)C(=O)O. The van der Waals surface area contributed by atoms with E-state index in [4.69, 9.17) is 5.73 Å². The van der Waals surface area contributed by atoms with Gasteiger partial charge in [0.15, 0.2) is 0 Å². The second kappa shape index (κ2) is 13.4. The average molecular weight is 522 g/mol. The number of carbonyl (C=O) groups excluding carboxylic acids is 3. The Bertz CT molecular complexity index is 1260. The minimum absolute atomic E-state index is 0.121. The molecule has 0 aliphatic carbocycles. The summed E-state index contributed by atoms with van der Waals surface area (Å²) < 4.78 is 0. The van der Waals surface area contributed by atoms with Gasteiger partial charge in [-0.1, -0.05) is 68.8 Å². The number of hydrogen-bond donors (Lipinski definition) is 6. The molecular formula is C28H35N5O5. The van der Waals surface area contributed by atoms with Crippen LogP contribution in [0, 0.1) is 5.92 Å². The van der Waals surface area contributed by atoms with E-state index < -0.39 is 41.8 Å². The molecule has 38 heavy (non-hydrogen) atoms. The monoisotopic (exact) mass is 521 g/mol. The third kappa shape index (κ3) is 7.66. The van der Waals surface area contributed by atoms with Gasteiger partial charge < -0.3 is 31.8 Å². The van der Waals surface area contributed by atoms with Crippen molar-refractivity contribution in [3.05, 3.63) is 71.9 Å². The third-order valence-corrected chi connectivity index (χ3v) is 6.59. The quantitative estimate of drug-likeness (QED) is 0.199. The fourth-order valence-corrected chi connectivity index (χ4v) is 4.17. The van der Waals surface area contributed by atoms with Gasteiger partial charge >= 0.3 is 5.97 Å². The minimum atomic E-state index is -1.15. The van der Waals surface area contributed by atoms with Crippen LogP contribution in [0.3, 0.4) is 0 Å². The Kier molecular flexibility index (Phi) is 10.0. The lowest BCUT2D eigenvalue weighted by molar-refractivity contribution is -0.143. The molecule has 2 aromatic carbocycles. The minimum Gasteiger partial charge on any atom is -0.480 e. The second-order valence-corrected chi connectivity index (χ2v) is 9.41. The van der Waals surface area contributed by atoms with E-state index >= 15 is 0 Å². The molecule has 3 aromatic rings. The Morgan fingerprint density at radius 2 is 1.63 bits per heavy atom. The molecule has 0 radical (unpaired) electrons. The van der Waals surface area contributed by atoms with Crippen molar-refractivity contribution >= 4 is 34.6 Å². The van der Waals surface area contributed by atoms with Crippen molar-refractivity contribution in [1.82, 2.24) is 20.9 Å². The number of hydrogen-bond acceptors (Lipinski definition) is 5. The van der Waals surface area contributed by atoms with Crippen molar-refractivity contribution in [2.45, 2.75) is 51.2 Å². The number of nitrogens with two attached hydrogens (primary N) is 1. The first-order chi connectivity index (χ1) is 18.2. The van der Waals surface area contributed by atoms with Crippen LogP contribution in [0.25, 0.3) is 10.9 Å². The molecule has 4 atom stereocenters. The number of carboxylic acids is 1. The molecule has 3 amide bonds. The molecule has 0 bridgehead atoms. The smallest absolute Gasteiger partial charge is 0.326 e. The Balaban J connectivity index is 1.68. The van der Waals surface area contributed by atoms with Gasteiger partial charge in [-0.05, 0) is 29.5 Å². The molecule has 1 aromatic heterocycles. The number of rotatable bonds is 13. The Hall–Kier alpha value is -4.18. The standard InChI is InChI=1S/C28H35N5O5/c1-3-17(2)25(28(37)38)33-27(36)23(14-19-15-30-22-12-8-7-11-20(19)22)32-24(34)16-31-26(35)21(29)13-18-9-5-4-6-10-18/h4-12,15,17,21,23,25,30H,3,13-14,16,29H2,1-2H3,(H,31,35)(H,32,34)(H,33,36)(H,37,38)/t17-,21-,23-,25-/m0/s1. The molecule has 10 heteroatoms. The zero-order valence-electron chi connectivity index (χ0n) is 21.6. The van der Waals surface area contributed by atoms with Crippen LogP contribution in [0.1, 0.15) is 31.4 Å². The third-order valence-electron chi connectivity index (χ3n) is 6.59. The van der Waals surface area contributed by atoms with Crippen LogP contribution in [-0.4, -0.2) is 58.5 Å². The topological polar surface area (TPSA) is 166 Å². The maximum absolute atomic E-state index is 13.2. The van der Waals surface area contributed by atoms with Crippen molar-refractivity contribution in [2.75, 3.05) is 6.54 Å². The molecular weight excluding hydrogens is 486 g/mol. The van der Waals surface area contributed by atoms with Gasteiger partial charge in [0.25, 0.3) is 0 Å². The average Bonchev–Trinajstić information content (AvgIpc) is 3.32. The number of fused-ring (bicyclic) bond motifs is 1. The van der Waals surface area contributed by atoms with Gasteiger partial charge in [0, 0.05) is 23.5 Å². The van der Waals surface area contributed by atoms with Crippen molar-refractivity contribution < 1.29 is 24.3 Å². The first-order valence-electron chi connectivity index (χ1n) is 12.6. The van der Waals surface area contributed by atoms with Gasteiger partial charge in [0.1, 0.15) is 12.1 Å². The molecule has 0 aliphatic heterocycles.